The normalized spacial score (nSPS) is 14.4. The third-order valence-corrected chi connectivity index (χ3v) is 7.20. The molecule has 1 fully saturated rings. The summed E-state index contributed by atoms with van der Waals surface area (Å²) in [7, 11) is 0. The number of benzene rings is 2. The third kappa shape index (κ3) is 7.32. The predicted octanol–water partition coefficient (Wildman–Crippen LogP) is 6.09. The Hall–Kier alpha value is -3.44. The van der Waals surface area contributed by atoms with Gasteiger partial charge in [-0.3, -0.25) is 9.59 Å². The van der Waals surface area contributed by atoms with Crippen molar-refractivity contribution < 1.29 is 32.2 Å². The molecule has 0 atom stereocenters. The zero-order valence-electron chi connectivity index (χ0n) is 20.8. The first-order valence-corrected chi connectivity index (χ1v) is 13.2. The number of carbonyl (C=O) groups excluding carboxylic acids is 2. The van der Waals surface area contributed by atoms with E-state index < -0.39 is 6.36 Å². The maximum absolute atomic E-state index is 13.0. The number of hydrogen-bond donors (Lipinski definition) is 1. The minimum absolute atomic E-state index is 0.0947. The first-order valence-electron chi connectivity index (χ1n) is 12.3. The highest BCUT2D eigenvalue weighted by atomic mass is 32.1. The summed E-state index contributed by atoms with van der Waals surface area (Å²) in [6.45, 7) is 4.22. The number of amides is 2. The number of thiazole rings is 1. The van der Waals surface area contributed by atoms with Crippen molar-refractivity contribution in [3.8, 4) is 16.9 Å². The fraction of sp³-hybridized carbons (Fsp3) is 0.370. The second-order valence-electron chi connectivity index (χ2n) is 8.74. The maximum atomic E-state index is 13.0. The number of halogens is 3. The van der Waals surface area contributed by atoms with Crippen LogP contribution in [0.5, 0.6) is 5.75 Å². The molecule has 38 heavy (non-hydrogen) atoms. The number of piperidine rings is 1. The van der Waals surface area contributed by atoms with E-state index in [-0.39, 0.29) is 23.5 Å². The Morgan fingerprint density at radius 2 is 1.82 bits per heavy atom. The smallest absolute Gasteiger partial charge is 0.406 e. The molecule has 0 saturated carbocycles. The first-order chi connectivity index (χ1) is 18.2. The molecule has 2 amide bonds. The number of ether oxygens (including phenoxy) is 2. The van der Waals surface area contributed by atoms with Crippen LogP contribution in [0.4, 0.5) is 18.9 Å². The van der Waals surface area contributed by atoms with Crippen molar-refractivity contribution in [2.75, 3.05) is 31.6 Å². The number of carbonyl (C=O) groups is 2. The molecule has 1 aliphatic rings. The molecular formula is C27H28F3N3O4S. The molecule has 0 unspecified atom stereocenters. The van der Waals surface area contributed by atoms with Gasteiger partial charge in [-0.25, -0.2) is 4.98 Å². The van der Waals surface area contributed by atoms with Gasteiger partial charge in [0.15, 0.2) is 0 Å². The molecule has 4 rings (SSSR count). The number of nitrogens with one attached hydrogen (secondary N) is 1. The second kappa shape index (κ2) is 12.4. The topological polar surface area (TPSA) is 80.8 Å². The van der Waals surface area contributed by atoms with Gasteiger partial charge in [-0.15, -0.1) is 24.5 Å². The molecule has 1 saturated heterocycles. The van der Waals surface area contributed by atoms with Gasteiger partial charge in [-0.2, -0.15) is 0 Å². The summed E-state index contributed by atoms with van der Waals surface area (Å²) in [5, 5.41) is 5.45. The van der Waals surface area contributed by atoms with Crippen molar-refractivity contribution in [3.05, 3.63) is 64.6 Å². The number of alkyl halides is 3. The summed E-state index contributed by atoms with van der Waals surface area (Å²) in [5.41, 5.74) is 2.08. The van der Waals surface area contributed by atoms with Gasteiger partial charge < -0.3 is 19.7 Å². The van der Waals surface area contributed by atoms with Crippen LogP contribution in [-0.4, -0.2) is 54.4 Å². The minimum atomic E-state index is -4.77. The van der Waals surface area contributed by atoms with Crippen LogP contribution in [-0.2, 0) is 9.53 Å². The summed E-state index contributed by atoms with van der Waals surface area (Å²) in [6, 6.07) is 12.5. The van der Waals surface area contributed by atoms with Crippen molar-refractivity contribution in [1.82, 2.24) is 9.88 Å². The number of hydrogen-bond acceptors (Lipinski definition) is 6. The van der Waals surface area contributed by atoms with Crippen LogP contribution in [0, 0.1) is 0 Å². The Bertz CT molecular complexity index is 1240. The molecule has 1 aliphatic heterocycles. The SMILES string of the molecule is CCOCCC(=O)N1CCC(c2nc(C(=O)Nc3ccccc3-c3ccc(OC(F)(F)F)cc3)cs2)CC1. The lowest BCUT2D eigenvalue weighted by molar-refractivity contribution is -0.274. The predicted molar refractivity (Wildman–Crippen MR) is 138 cm³/mol. The van der Waals surface area contributed by atoms with Gasteiger partial charge in [-0.05, 0) is 43.5 Å². The zero-order chi connectivity index (χ0) is 27.1. The van der Waals surface area contributed by atoms with Crippen LogP contribution < -0.4 is 10.1 Å². The largest absolute Gasteiger partial charge is 0.573 e. The molecule has 1 aromatic heterocycles. The highest BCUT2D eigenvalue weighted by Gasteiger charge is 2.31. The second-order valence-corrected chi connectivity index (χ2v) is 9.63. The zero-order valence-corrected chi connectivity index (χ0v) is 21.6. The van der Waals surface area contributed by atoms with E-state index in [1.165, 1.54) is 35.6 Å². The van der Waals surface area contributed by atoms with Gasteiger partial charge >= 0.3 is 6.36 Å². The van der Waals surface area contributed by atoms with E-state index >= 15 is 0 Å². The van der Waals surface area contributed by atoms with Gasteiger partial charge in [0.1, 0.15) is 11.4 Å². The Morgan fingerprint density at radius 1 is 1.11 bits per heavy atom. The molecule has 0 aliphatic carbocycles. The third-order valence-electron chi connectivity index (χ3n) is 6.19. The molecule has 11 heteroatoms. The minimum Gasteiger partial charge on any atom is -0.406 e. The number of nitrogens with zero attached hydrogens (tertiary/aromatic N) is 2. The van der Waals surface area contributed by atoms with Gasteiger partial charge in [0, 0.05) is 42.2 Å². The van der Waals surface area contributed by atoms with Gasteiger partial charge in [0.05, 0.1) is 18.0 Å². The molecule has 3 aromatic rings. The van der Waals surface area contributed by atoms with E-state index in [1.54, 1.807) is 29.6 Å². The van der Waals surface area contributed by atoms with E-state index in [0.29, 0.717) is 55.2 Å². The quantitative estimate of drug-likeness (QED) is 0.328. The van der Waals surface area contributed by atoms with Gasteiger partial charge in [0.2, 0.25) is 5.91 Å². The van der Waals surface area contributed by atoms with Crippen molar-refractivity contribution in [1.29, 1.82) is 0 Å². The summed E-state index contributed by atoms with van der Waals surface area (Å²) in [4.78, 5) is 31.7. The van der Waals surface area contributed by atoms with Crippen molar-refractivity contribution in [2.24, 2.45) is 0 Å². The molecule has 7 nitrogen and oxygen atoms in total. The van der Waals surface area contributed by atoms with Crippen LogP contribution in [0.1, 0.15) is 47.6 Å². The number of aromatic nitrogens is 1. The Labute approximate surface area is 222 Å². The number of anilines is 1. The molecule has 2 heterocycles. The molecule has 0 radical (unpaired) electrons. The lowest BCUT2D eigenvalue weighted by Crippen LogP contribution is -2.38. The fourth-order valence-corrected chi connectivity index (χ4v) is 5.25. The Morgan fingerprint density at radius 3 is 2.50 bits per heavy atom. The lowest BCUT2D eigenvalue weighted by atomic mass is 9.97. The summed E-state index contributed by atoms with van der Waals surface area (Å²) in [6.07, 6.45) is -2.82. The maximum Gasteiger partial charge on any atom is 0.573 e. The van der Waals surface area contributed by atoms with E-state index in [1.807, 2.05) is 11.8 Å². The summed E-state index contributed by atoms with van der Waals surface area (Å²) in [5.74, 6) is -0.418. The Balaban J connectivity index is 1.37. The molecule has 202 valence electrons. The van der Waals surface area contributed by atoms with Crippen molar-refractivity contribution >= 4 is 28.8 Å². The average Bonchev–Trinajstić information content (AvgIpc) is 3.40. The summed E-state index contributed by atoms with van der Waals surface area (Å²) < 4.78 is 46.6. The highest BCUT2D eigenvalue weighted by Crippen LogP contribution is 2.33. The van der Waals surface area contributed by atoms with Crippen LogP contribution in [0.3, 0.4) is 0 Å². The standard InChI is InChI=1S/C27H28F3N3O4S/c1-2-36-16-13-24(34)33-14-11-19(12-15-33)26-32-23(17-38-26)25(35)31-22-6-4-3-5-21(22)18-7-9-20(10-8-18)37-27(28,29)30/h3-10,17,19H,2,11-16H2,1H3,(H,31,35). The van der Waals surface area contributed by atoms with Crippen LogP contribution in [0.15, 0.2) is 53.9 Å². The van der Waals surface area contributed by atoms with E-state index in [2.05, 4.69) is 15.0 Å². The first kappa shape index (κ1) is 27.6. The van der Waals surface area contributed by atoms with Crippen LogP contribution in [0.25, 0.3) is 11.1 Å². The van der Waals surface area contributed by atoms with Crippen LogP contribution >= 0.6 is 11.3 Å². The van der Waals surface area contributed by atoms with E-state index in [0.717, 1.165) is 17.8 Å². The van der Waals surface area contributed by atoms with Crippen molar-refractivity contribution in [3.63, 3.8) is 0 Å². The average molecular weight is 548 g/mol. The van der Waals surface area contributed by atoms with Crippen LogP contribution in [0.2, 0.25) is 0 Å². The van der Waals surface area contributed by atoms with Gasteiger partial charge in [-0.1, -0.05) is 30.3 Å². The molecular weight excluding hydrogens is 519 g/mol. The lowest BCUT2D eigenvalue weighted by Gasteiger charge is -2.31. The van der Waals surface area contributed by atoms with E-state index in [4.69, 9.17) is 4.74 Å². The monoisotopic (exact) mass is 547 g/mol. The number of para-hydroxylation sites is 1. The molecule has 0 bridgehead atoms. The molecule has 1 N–H and O–H groups in total. The van der Waals surface area contributed by atoms with Crippen molar-refractivity contribution in [2.45, 2.75) is 38.5 Å². The van der Waals surface area contributed by atoms with Gasteiger partial charge in [0.25, 0.3) is 5.91 Å². The summed E-state index contributed by atoms with van der Waals surface area (Å²) >= 11 is 1.43. The highest BCUT2D eigenvalue weighted by molar-refractivity contribution is 7.10. The number of likely N-dealkylation sites (tertiary alicyclic amines) is 1. The number of rotatable bonds is 9. The Kier molecular flexibility index (Phi) is 9.01. The fourth-order valence-electron chi connectivity index (χ4n) is 4.28. The van der Waals surface area contributed by atoms with E-state index in [9.17, 15) is 22.8 Å². The molecule has 0 spiro atoms. The molecule has 2 aromatic carbocycles.